The minimum Gasteiger partial charge on any atom is -0.342 e. The van der Waals surface area contributed by atoms with Gasteiger partial charge in [-0.05, 0) is 43.5 Å². The van der Waals surface area contributed by atoms with E-state index < -0.39 is 0 Å². The molecule has 1 heterocycles. The van der Waals surface area contributed by atoms with Crippen molar-refractivity contribution in [3.8, 4) is 0 Å². The molecule has 1 saturated heterocycles. The Labute approximate surface area is 132 Å². The Kier molecular flexibility index (Phi) is 7.12. The molecule has 0 spiro atoms. The molecule has 3 nitrogen and oxygen atoms in total. The Balaban J connectivity index is 0.00000220. The van der Waals surface area contributed by atoms with E-state index in [2.05, 4.69) is 5.32 Å². The molecule has 21 heavy (non-hydrogen) atoms. The van der Waals surface area contributed by atoms with E-state index in [1.807, 2.05) is 31.0 Å². The SMILES string of the molecule is CNCC(C)C(=O)N1CCC(Cc2ccc(F)cc2)C1.Cl. The summed E-state index contributed by atoms with van der Waals surface area (Å²) in [6.45, 7) is 4.35. The van der Waals surface area contributed by atoms with Crippen molar-refractivity contribution in [2.45, 2.75) is 19.8 Å². The largest absolute Gasteiger partial charge is 0.342 e. The number of carbonyl (C=O) groups excluding carboxylic acids is 1. The predicted octanol–water partition coefficient (Wildman–Crippen LogP) is 2.49. The molecule has 1 aromatic rings. The van der Waals surface area contributed by atoms with Gasteiger partial charge in [0, 0.05) is 25.6 Å². The van der Waals surface area contributed by atoms with Gasteiger partial charge < -0.3 is 10.2 Å². The highest BCUT2D eigenvalue weighted by Crippen LogP contribution is 2.22. The molecule has 0 aromatic heterocycles. The highest BCUT2D eigenvalue weighted by molar-refractivity contribution is 5.85. The van der Waals surface area contributed by atoms with E-state index in [1.165, 1.54) is 12.1 Å². The van der Waals surface area contributed by atoms with E-state index in [0.717, 1.165) is 38.0 Å². The molecular formula is C16H24ClFN2O. The van der Waals surface area contributed by atoms with Gasteiger partial charge in [-0.2, -0.15) is 0 Å². The highest BCUT2D eigenvalue weighted by Gasteiger charge is 2.28. The van der Waals surface area contributed by atoms with Crippen LogP contribution in [0.3, 0.4) is 0 Å². The second-order valence-corrected chi connectivity index (χ2v) is 5.73. The van der Waals surface area contributed by atoms with Crippen molar-refractivity contribution >= 4 is 18.3 Å². The lowest BCUT2D eigenvalue weighted by molar-refractivity contribution is -0.133. The summed E-state index contributed by atoms with van der Waals surface area (Å²) in [4.78, 5) is 14.2. The molecule has 1 aliphatic heterocycles. The number of rotatable bonds is 5. The third kappa shape index (κ3) is 4.97. The molecule has 1 fully saturated rings. The predicted molar refractivity (Wildman–Crippen MR) is 85.1 cm³/mol. The monoisotopic (exact) mass is 314 g/mol. The number of hydrogen-bond donors (Lipinski definition) is 1. The fourth-order valence-electron chi connectivity index (χ4n) is 2.86. The van der Waals surface area contributed by atoms with Crippen LogP contribution in [-0.4, -0.2) is 37.5 Å². The zero-order valence-corrected chi connectivity index (χ0v) is 13.5. The maximum Gasteiger partial charge on any atom is 0.226 e. The van der Waals surface area contributed by atoms with Gasteiger partial charge in [0.2, 0.25) is 5.91 Å². The third-order valence-corrected chi connectivity index (χ3v) is 3.97. The van der Waals surface area contributed by atoms with Crippen molar-refractivity contribution < 1.29 is 9.18 Å². The van der Waals surface area contributed by atoms with E-state index in [9.17, 15) is 9.18 Å². The molecule has 0 radical (unpaired) electrons. The van der Waals surface area contributed by atoms with Gasteiger partial charge in [0.15, 0.2) is 0 Å². The van der Waals surface area contributed by atoms with Gasteiger partial charge in [0.25, 0.3) is 0 Å². The first-order valence-electron chi connectivity index (χ1n) is 7.28. The molecule has 2 atom stereocenters. The Morgan fingerprint density at radius 2 is 2.10 bits per heavy atom. The van der Waals surface area contributed by atoms with Gasteiger partial charge in [-0.15, -0.1) is 12.4 Å². The van der Waals surface area contributed by atoms with Gasteiger partial charge in [-0.25, -0.2) is 4.39 Å². The van der Waals surface area contributed by atoms with Crippen molar-refractivity contribution in [3.63, 3.8) is 0 Å². The highest BCUT2D eigenvalue weighted by atomic mass is 35.5. The second-order valence-electron chi connectivity index (χ2n) is 5.73. The number of hydrogen-bond acceptors (Lipinski definition) is 2. The first-order chi connectivity index (χ1) is 9.60. The topological polar surface area (TPSA) is 32.3 Å². The minimum absolute atomic E-state index is 0. The molecule has 1 aromatic carbocycles. The standard InChI is InChI=1S/C16H23FN2O.ClH/c1-12(10-18-2)16(20)19-8-7-14(11-19)9-13-3-5-15(17)6-4-13;/h3-6,12,14,18H,7-11H2,1-2H3;1H. The summed E-state index contributed by atoms with van der Waals surface area (Å²) in [5, 5.41) is 3.05. The van der Waals surface area contributed by atoms with Gasteiger partial charge in [0.1, 0.15) is 5.82 Å². The number of carbonyl (C=O) groups is 1. The Hall–Kier alpha value is -1.13. The molecule has 2 unspecified atom stereocenters. The van der Waals surface area contributed by atoms with E-state index in [-0.39, 0.29) is 30.0 Å². The van der Waals surface area contributed by atoms with Gasteiger partial charge in [0.05, 0.1) is 0 Å². The molecule has 0 saturated carbocycles. The molecule has 118 valence electrons. The maximum absolute atomic E-state index is 12.9. The number of benzene rings is 1. The number of nitrogens with one attached hydrogen (secondary N) is 1. The second kappa shape index (κ2) is 8.35. The molecule has 0 aliphatic carbocycles. The first kappa shape index (κ1) is 17.9. The number of likely N-dealkylation sites (tertiary alicyclic amines) is 1. The van der Waals surface area contributed by atoms with Gasteiger partial charge in [-0.3, -0.25) is 4.79 Å². The average molecular weight is 315 g/mol. The molecular weight excluding hydrogens is 291 g/mol. The molecule has 0 bridgehead atoms. The fraction of sp³-hybridized carbons (Fsp3) is 0.562. The van der Waals surface area contributed by atoms with Crippen molar-refractivity contribution in [2.24, 2.45) is 11.8 Å². The third-order valence-electron chi connectivity index (χ3n) is 3.97. The minimum atomic E-state index is -0.196. The van der Waals surface area contributed by atoms with E-state index in [0.29, 0.717) is 5.92 Å². The molecule has 5 heteroatoms. The number of halogens is 2. The van der Waals surface area contributed by atoms with Crippen molar-refractivity contribution in [3.05, 3.63) is 35.6 Å². The normalized spacial score (nSPS) is 19.2. The fourth-order valence-corrected chi connectivity index (χ4v) is 2.86. The summed E-state index contributed by atoms with van der Waals surface area (Å²) in [7, 11) is 1.87. The lowest BCUT2D eigenvalue weighted by Gasteiger charge is -2.21. The Morgan fingerprint density at radius 1 is 1.43 bits per heavy atom. The first-order valence-corrected chi connectivity index (χ1v) is 7.28. The van der Waals surface area contributed by atoms with Gasteiger partial charge >= 0.3 is 0 Å². The van der Waals surface area contributed by atoms with E-state index >= 15 is 0 Å². The maximum atomic E-state index is 12.9. The zero-order chi connectivity index (χ0) is 14.5. The Bertz CT molecular complexity index is 452. The molecule has 1 N–H and O–H groups in total. The van der Waals surface area contributed by atoms with Crippen LogP contribution in [0.25, 0.3) is 0 Å². The van der Waals surface area contributed by atoms with Crippen molar-refractivity contribution in [1.82, 2.24) is 10.2 Å². The lowest BCUT2D eigenvalue weighted by Crippen LogP contribution is -2.37. The van der Waals surface area contributed by atoms with Crippen LogP contribution in [0.4, 0.5) is 4.39 Å². The molecule has 1 aliphatic rings. The van der Waals surface area contributed by atoms with Crippen LogP contribution < -0.4 is 5.32 Å². The number of nitrogens with zero attached hydrogens (tertiary/aromatic N) is 1. The summed E-state index contributed by atoms with van der Waals surface area (Å²) in [5.41, 5.74) is 1.15. The van der Waals surface area contributed by atoms with Crippen LogP contribution in [0.15, 0.2) is 24.3 Å². The van der Waals surface area contributed by atoms with Crippen LogP contribution >= 0.6 is 12.4 Å². The van der Waals surface area contributed by atoms with Crippen molar-refractivity contribution in [1.29, 1.82) is 0 Å². The van der Waals surface area contributed by atoms with E-state index in [1.54, 1.807) is 0 Å². The van der Waals surface area contributed by atoms with E-state index in [4.69, 9.17) is 0 Å². The zero-order valence-electron chi connectivity index (χ0n) is 12.6. The molecule has 2 rings (SSSR count). The van der Waals surface area contributed by atoms with Crippen LogP contribution in [-0.2, 0) is 11.2 Å². The summed E-state index contributed by atoms with van der Waals surface area (Å²) in [5.74, 6) is 0.564. The summed E-state index contributed by atoms with van der Waals surface area (Å²) in [6.07, 6.45) is 1.96. The van der Waals surface area contributed by atoms with Crippen LogP contribution in [0.5, 0.6) is 0 Å². The lowest BCUT2D eigenvalue weighted by atomic mass is 9.99. The van der Waals surface area contributed by atoms with Crippen molar-refractivity contribution in [2.75, 3.05) is 26.7 Å². The van der Waals surface area contributed by atoms with Crippen LogP contribution in [0.1, 0.15) is 18.9 Å². The summed E-state index contributed by atoms with van der Waals surface area (Å²) < 4.78 is 12.9. The van der Waals surface area contributed by atoms with Crippen LogP contribution in [0.2, 0.25) is 0 Å². The van der Waals surface area contributed by atoms with Gasteiger partial charge in [-0.1, -0.05) is 19.1 Å². The smallest absolute Gasteiger partial charge is 0.226 e. The number of amides is 1. The molecule has 1 amide bonds. The average Bonchev–Trinajstić information content (AvgIpc) is 2.89. The Morgan fingerprint density at radius 3 is 2.71 bits per heavy atom. The summed E-state index contributed by atoms with van der Waals surface area (Å²) in [6, 6.07) is 6.68. The summed E-state index contributed by atoms with van der Waals surface area (Å²) >= 11 is 0. The van der Waals surface area contributed by atoms with Crippen LogP contribution in [0, 0.1) is 17.7 Å². The quantitative estimate of drug-likeness (QED) is 0.905.